The van der Waals surface area contributed by atoms with Gasteiger partial charge < -0.3 is 10.9 Å². The van der Waals surface area contributed by atoms with Gasteiger partial charge in [-0.2, -0.15) is 0 Å². The van der Waals surface area contributed by atoms with Crippen LogP contribution in [0.4, 0.5) is 0 Å². The van der Waals surface area contributed by atoms with E-state index < -0.39 is 0 Å². The average molecular weight is 178 g/mol. The Kier molecular flexibility index (Phi) is 2.44. The van der Waals surface area contributed by atoms with Crippen molar-refractivity contribution in [3.05, 3.63) is 0 Å². The van der Waals surface area contributed by atoms with Crippen LogP contribution in [-0.2, 0) is 4.79 Å². The van der Waals surface area contributed by atoms with Crippen molar-refractivity contribution in [2.45, 2.75) is 5.25 Å². The second-order valence-electron chi connectivity index (χ2n) is 1.69. The zero-order chi connectivity index (χ0) is 7.56. The van der Waals surface area contributed by atoms with Gasteiger partial charge in [0.2, 0.25) is 5.91 Å². The molecule has 1 heterocycles. The lowest BCUT2D eigenvalue weighted by Gasteiger charge is -1.96. The van der Waals surface area contributed by atoms with Gasteiger partial charge in [-0.25, -0.2) is 0 Å². The molecule has 0 aliphatic carbocycles. The Morgan fingerprint density at radius 2 is 2.60 bits per heavy atom. The zero-order valence-corrected chi connectivity index (χ0v) is 6.61. The van der Waals surface area contributed by atoms with E-state index in [0.717, 1.165) is 0 Å². The van der Waals surface area contributed by atoms with Crippen LogP contribution in [0.5, 0.6) is 0 Å². The molecule has 1 atom stereocenters. The van der Waals surface area contributed by atoms with E-state index >= 15 is 0 Å². The number of hydrogen-bond donors (Lipinski definition) is 2. The van der Waals surface area contributed by atoms with Gasteiger partial charge >= 0.3 is 0 Å². The molecule has 3 N–H and O–H groups in total. The van der Waals surface area contributed by atoms with E-state index in [9.17, 15) is 4.79 Å². The molecule has 0 aromatic carbocycles. The van der Waals surface area contributed by atoms with Gasteiger partial charge in [-0.1, -0.05) is 28.7 Å². The number of rotatable bonds is 1. The van der Waals surface area contributed by atoms with Crippen LogP contribution in [0.2, 0.25) is 0 Å². The predicted octanol–water partition coefficient (Wildman–Crippen LogP) is 0.0655. The topological polar surface area (TPSA) is 75.7 Å². The van der Waals surface area contributed by atoms with Crippen molar-refractivity contribution in [1.82, 2.24) is 0 Å². The normalized spacial score (nSPS) is 29.2. The maximum absolute atomic E-state index is 10.5. The van der Waals surface area contributed by atoms with Crippen LogP contribution in [0.15, 0.2) is 5.16 Å². The highest BCUT2D eigenvalue weighted by atomic mass is 32.2. The number of thioether (sulfide) groups is 2. The summed E-state index contributed by atoms with van der Waals surface area (Å²) in [6.07, 6.45) is 0. The van der Waals surface area contributed by atoms with Gasteiger partial charge in [-0.3, -0.25) is 4.79 Å². The zero-order valence-electron chi connectivity index (χ0n) is 4.98. The minimum atomic E-state index is -0.351. The molecular formula is C4H6N2O2S2. The fourth-order valence-corrected chi connectivity index (χ4v) is 2.75. The molecule has 56 valence electrons. The third-order valence-electron chi connectivity index (χ3n) is 1.00. The summed E-state index contributed by atoms with van der Waals surface area (Å²) in [5, 5.41) is 11.0. The molecule has 0 spiro atoms. The molecule has 1 amide bonds. The van der Waals surface area contributed by atoms with E-state index in [1.165, 1.54) is 23.5 Å². The van der Waals surface area contributed by atoms with Crippen molar-refractivity contribution in [2.75, 3.05) is 5.75 Å². The Morgan fingerprint density at radius 1 is 1.90 bits per heavy atom. The Balaban J connectivity index is 2.51. The van der Waals surface area contributed by atoms with Gasteiger partial charge in [-0.15, -0.1) is 0 Å². The van der Waals surface area contributed by atoms with Crippen LogP contribution in [0, 0.1) is 0 Å². The summed E-state index contributed by atoms with van der Waals surface area (Å²) in [5.41, 5.74) is 5.00. The summed E-state index contributed by atoms with van der Waals surface area (Å²) in [4.78, 5) is 10.5. The molecule has 1 unspecified atom stereocenters. The molecule has 6 heteroatoms. The summed E-state index contributed by atoms with van der Waals surface area (Å²) in [6, 6.07) is 0. The van der Waals surface area contributed by atoms with Gasteiger partial charge in [0.1, 0.15) is 0 Å². The van der Waals surface area contributed by atoms with E-state index in [1.807, 2.05) is 0 Å². The number of oxime groups is 1. The Bertz CT molecular complexity index is 182. The number of carbonyl (C=O) groups excluding carboxylic acids is 1. The Hall–Kier alpha value is -0.360. The van der Waals surface area contributed by atoms with Crippen LogP contribution >= 0.6 is 23.5 Å². The van der Waals surface area contributed by atoms with Crippen molar-refractivity contribution >= 4 is 33.8 Å². The second-order valence-corrected chi connectivity index (χ2v) is 4.14. The van der Waals surface area contributed by atoms with Crippen molar-refractivity contribution in [1.29, 1.82) is 0 Å². The lowest BCUT2D eigenvalue weighted by molar-refractivity contribution is -0.117. The molecular weight excluding hydrogens is 172 g/mol. The van der Waals surface area contributed by atoms with Gasteiger partial charge in [-0.05, 0) is 0 Å². The lowest BCUT2D eigenvalue weighted by atomic mass is 10.5. The van der Waals surface area contributed by atoms with Crippen LogP contribution in [0.3, 0.4) is 0 Å². The third-order valence-corrected chi connectivity index (χ3v) is 3.65. The number of hydrogen-bond acceptors (Lipinski definition) is 5. The van der Waals surface area contributed by atoms with E-state index in [1.54, 1.807) is 0 Å². The number of nitrogens with two attached hydrogens (primary N) is 1. The minimum absolute atomic E-state index is 0.226. The molecule has 1 rings (SSSR count). The SMILES string of the molecule is NC(=O)C1CSC(=NO)S1. The highest BCUT2D eigenvalue weighted by Crippen LogP contribution is 2.32. The molecule has 1 aliphatic rings. The summed E-state index contributed by atoms with van der Waals surface area (Å²) < 4.78 is 0.517. The monoisotopic (exact) mass is 178 g/mol. The number of carbonyl (C=O) groups is 1. The minimum Gasteiger partial charge on any atom is -0.410 e. The first-order chi connectivity index (χ1) is 4.74. The first-order valence-electron chi connectivity index (χ1n) is 2.55. The van der Waals surface area contributed by atoms with Crippen LogP contribution in [-0.4, -0.2) is 26.5 Å². The van der Waals surface area contributed by atoms with Crippen LogP contribution < -0.4 is 5.73 Å². The maximum atomic E-state index is 10.5. The second kappa shape index (κ2) is 3.16. The Morgan fingerprint density at radius 3 is 2.90 bits per heavy atom. The first kappa shape index (κ1) is 7.74. The standard InChI is InChI=1S/C4H6N2O2S2/c5-3(7)2-1-9-4(6-8)10-2/h2,8H,1H2,(H2,5,7). The number of primary amides is 1. The van der Waals surface area contributed by atoms with Gasteiger partial charge in [0.05, 0.1) is 5.25 Å². The molecule has 0 aromatic rings. The number of nitrogens with zero attached hydrogens (tertiary/aromatic N) is 1. The third kappa shape index (κ3) is 1.57. The summed E-state index contributed by atoms with van der Waals surface area (Å²) in [7, 11) is 0. The molecule has 4 nitrogen and oxygen atoms in total. The summed E-state index contributed by atoms with van der Waals surface area (Å²) in [6.45, 7) is 0. The summed E-state index contributed by atoms with van der Waals surface area (Å²) in [5.74, 6) is 0.260. The smallest absolute Gasteiger partial charge is 0.231 e. The van der Waals surface area contributed by atoms with Gasteiger partial charge in [0.15, 0.2) is 4.38 Å². The molecule has 0 aromatic heterocycles. The molecule has 1 fully saturated rings. The highest BCUT2D eigenvalue weighted by molar-refractivity contribution is 8.42. The molecule has 10 heavy (non-hydrogen) atoms. The van der Waals surface area contributed by atoms with Crippen LogP contribution in [0.25, 0.3) is 0 Å². The molecule has 1 aliphatic heterocycles. The molecule has 0 bridgehead atoms. The molecule has 0 radical (unpaired) electrons. The fraction of sp³-hybridized carbons (Fsp3) is 0.500. The predicted molar refractivity (Wildman–Crippen MR) is 42.3 cm³/mol. The van der Waals surface area contributed by atoms with Crippen molar-refractivity contribution in [3.8, 4) is 0 Å². The van der Waals surface area contributed by atoms with Crippen LogP contribution in [0.1, 0.15) is 0 Å². The molecule has 0 saturated carbocycles. The number of amides is 1. The molecule has 1 saturated heterocycles. The van der Waals surface area contributed by atoms with E-state index in [-0.39, 0.29) is 11.2 Å². The van der Waals surface area contributed by atoms with Crippen molar-refractivity contribution in [2.24, 2.45) is 10.9 Å². The van der Waals surface area contributed by atoms with Gasteiger partial charge in [0.25, 0.3) is 0 Å². The maximum Gasteiger partial charge on any atom is 0.231 e. The van der Waals surface area contributed by atoms with E-state index in [0.29, 0.717) is 10.1 Å². The quantitative estimate of drug-likeness (QED) is 0.440. The van der Waals surface area contributed by atoms with Gasteiger partial charge in [0, 0.05) is 5.75 Å². The highest BCUT2D eigenvalue weighted by Gasteiger charge is 2.26. The van der Waals surface area contributed by atoms with E-state index in [4.69, 9.17) is 10.9 Å². The van der Waals surface area contributed by atoms with Crippen molar-refractivity contribution in [3.63, 3.8) is 0 Å². The largest absolute Gasteiger partial charge is 0.410 e. The first-order valence-corrected chi connectivity index (χ1v) is 4.41. The Labute approximate surface area is 66.2 Å². The lowest BCUT2D eigenvalue weighted by Crippen LogP contribution is -2.25. The summed E-state index contributed by atoms with van der Waals surface area (Å²) >= 11 is 2.55. The van der Waals surface area contributed by atoms with E-state index in [2.05, 4.69) is 5.16 Å². The average Bonchev–Trinajstić information content (AvgIpc) is 2.34. The fourth-order valence-electron chi connectivity index (χ4n) is 0.529. The van der Waals surface area contributed by atoms with Crippen molar-refractivity contribution < 1.29 is 10.0 Å².